The van der Waals surface area contributed by atoms with E-state index in [0.717, 1.165) is 56.6 Å². The predicted octanol–water partition coefficient (Wildman–Crippen LogP) is 10.9. The van der Waals surface area contributed by atoms with Crippen LogP contribution in [0.4, 0.5) is 55.7 Å². The van der Waals surface area contributed by atoms with Crippen LogP contribution < -0.4 is 36.4 Å². The third-order valence-corrected chi connectivity index (χ3v) is 13.7. The minimum Gasteiger partial charge on any atom is -0.311 e. The molecule has 2 aliphatic heterocycles. The van der Waals surface area contributed by atoms with E-state index in [-0.39, 0.29) is 17.9 Å². The van der Waals surface area contributed by atoms with Gasteiger partial charge in [-0.3, -0.25) is 9.30 Å². The number of para-hydroxylation sites is 3. The summed E-state index contributed by atoms with van der Waals surface area (Å²) < 4.78 is 18.3. The van der Waals surface area contributed by atoms with Gasteiger partial charge in [0.25, 0.3) is 6.71 Å². The molecule has 0 saturated carbocycles. The number of halogens is 1. The Balaban J connectivity index is 1.29. The van der Waals surface area contributed by atoms with Crippen LogP contribution in [0.15, 0.2) is 164 Å². The Morgan fingerprint density at radius 3 is 1.88 bits per heavy atom. The van der Waals surface area contributed by atoms with Crippen molar-refractivity contribution in [3.8, 4) is 0 Å². The molecule has 6 aromatic carbocycles. The summed E-state index contributed by atoms with van der Waals surface area (Å²) in [4.78, 5) is 12.4. The summed E-state index contributed by atoms with van der Waals surface area (Å²) >= 11 is 0. The number of nitrogens with zero attached hydrogens (tertiary/aromatic N) is 5. The molecule has 10 rings (SSSR count). The van der Waals surface area contributed by atoms with Crippen molar-refractivity contribution in [3.63, 3.8) is 0 Å². The molecule has 0 saturated heterocycles. The number of imidazole rings is 1. The van der Waals surface area contributed by atoms with Gasteiger partial charge in [0.1, 0.15) is 17.3 Å². The molecule has 0 radical (unpaired) electrons. The maximum atomic E-state index is 16.1. The molecular formula is C50H45BFN5Si. The highest BCUT2D eigenvalue weighted by Crippen LogP contribution is 2.46. The highest BCUT2D eigenvalue weighted by Gasteiger charge is 2.47. The lowest BCUT2D eigenvalue weighted by molar-refractivity contribution is 0.590. The lowest BCUT2D eigenvalue weighted by Gasteiger charge is -2.44. The van der Waals surface area contributed by atoms with E-state index in [1.807, 2.05) is 12.1 Å². The number of rotatable bonds is 6. The molecule has 0 unspecified atom stereocenters. The van der Waals surface area contributed by atoms with Gasteiger partial charge in [-0.25, -0.2) is 9.37 Å². The van der Waals surface area contributed by atoms with Gasteiger partial charge in [-0.2, -0.15) is 0 Å². The zero-order chi connectivity index (χ0) is 39.9. The monoisotopic (exact) mass is 773 g/mol. The van der Waals surface area contributed by atoms with Crippen LogP contribution in [0.2, 0.25) is 19.6 Å². The predicted molar refractivity (Wildman–Crippen MR) is 246 cm³/mol. The number of hydrogen-bond donors (Lipinski definition) is 0. The fraction of sp³-hybridized carbons (Fsp3) is 0.140. The van der Waals surface area contributed by atoms with Crippen LogP contribution in [0, 0.1) is 5.82 Å². The Morgan fingerprint density at radius 1 is 0.621 bits per heavy atom. The quantitative estimate of drug-likeness (QED) is 0.157. The maximum absolute atomic E-state index is 16.1. The molecule has 0 spiro atoms. The van der Waals surface area contributed by atoms with Crippen molar-refractivity contribution in [1.29, 1.82) is 0 Å². The highest BCUT2D eigenvalue weighted by molar-refractivity contribution is 7.00. The molecule has 0 fully saturated rings. The van der Waals surface area contributed by atoms with Crippen molar-refractivity contribution in [2.45, 2.75) is 45.8 Å². The first-order valence-corrected chi connectivity index (χ1v) is 23.6. The first-order valence-electron chi connectivity index (χ1n) is 20.1. The van der Waals surface area contributed by atoms with Crippen molar-refractivity contribution in [1.82, 2.24) is 9.38 Å². The fourth-order valence-corrected chi connectivity index (χ4v) is 9.94. The smallest absolute Gasteiger partial charge is 0.277 e. The minimum absolute atomic E-state index is 0.0166. The van der Waals surface area contributed by atoms with Gasteiger partial charge in [0, 0.05) is 46.0 Å². The molecule has 8 aromatic rings. The molecule has 284 valence electrons. The fourth-order valence-electron chi connectivity index (χ4n) is 8.80. The highest BCUT2D eigenvalue weighted by atomic mass is 28.3. The molecule has 5 nitrogen and oxygen atoms in total. The Labute approximate surface area is 341 Å². The van der Waals surface area contributed by atoms with Crippen LogP contribution in [0.5, 0.6) is 0 Å². The number of aromatic nitrogens is 2. The molecule has 2 aliphatic rings. The number of pyridine rings is 1. The molecule has 0 bridgehead atoms. The lowest BCUT2D eigenvalue weighted by Crippen LogP contribution is -2.62. The summed E-state index contributed by atoms with van der Waals surface area (Å²) in [7, 11) is -1.89. The van der Waals surface area contributed by atoms with E-state index in [4.69, 9.17) is 4.98 Å². The van der Waals surface area contributed by atoms with E-state index in [0.29, 0.717) is 5.69 Å². The lowest BCUT2D eigenvalue weighted by atomic mass is 9.35. The Bertz CT molecular complexity index is 2840. The molecule has 58 heavy (non-hydrogen) atoms. The van der Waals surface area contributed by atoms with Gasteiger partial charge in [0.15, 0.2) is 0 Å². The Hall–Kier alpha value is -6.38. The van der Waals surface area contributed by atoms with Crippen LogP contribution in [0.1, 0.15) is 26.3 Å². The first-order chi connectivity index (χ1) is 28.0. The standard InChI is InChI=1S/C50H45BFN5Si/c1-50(2,3)34-24-26-37(27-25-34)55(42-22-14-13-21-41(42)52)38-28-29-40-43(31-38)56(35-17-9-7-10-18-35)44-32-39(58(4,5)6)33-45-47(44)51(40)48-49(54-30-16-15-23-46(54)53-48)57(45)36-19-11-8-12-20-36/h7-33H,1-6H3. The number of fused-ring (bicyclic) bond motifs is 6. The van der Waals surface area contributed by atoms with Crippen LogP contribution >= 0.6 is 0 Å². The van der Waals surface area contributed by atoms with Crippen LogP contribution in [0.25, 0.3) is 5.65 Å². The van der Waals surface area contributed by atoms with E-state index in [1.54, 1.807) is 12.1 Å². The molecule has 2 aromatic heterocycles. The van der Waals surface area contributed by atoms with Gasteiger partial charge in [-0.1, -0.05) is 118 Å². The van der Waals surface area contributed by atoms with Crippen molar-refractivity contribution in [3.05, 3.63) is 175 Å². The van der Waals surface area contributed by atoms with Gasteiger partial charge in [0.2, 0.25) is 0 Å². The second kappa shape index (κ2) is 13.4. The topological polar surface area (TPSA) is 27.0 Å². The van der Waals surface area contributed by atoms with Crippen molar-refractivity contribution in [2.75, 3.05) is 14.7 Å². The summed E-state index contributed by atoms with van der Waals surface area (Å²) in [6, 6.07) is 54.8. The largest absolute Gasteiger partial charge is 0.311 e. The van der Waals surface area contributed by atoms with Crippen molar-refractivity contribution >= 4 is 93.5 Å². The van der Waals surface area contributed by atoms with Gasteiger partial charge < -0.3 is 9.80 Å². The molecule has 0 N–H and O–H groups in total. The zero-order valence-corrected chi connectivity index (χ0v) is 34.8. The number of benzene rings is 6. The summed E-state index contributed by atoms with van der Waals surface area (Å²) in [6.07, 6.45) is 2.13. The van der Waals surface area contributed by atoms with Crippen LogP contribution in [-0.2, 0) is 5.41 Å². The average molecular weight is 774 g/mol. The van der Waals surface area contributed by atoms with Gasteiger partial charge in [-0.15, -0.1) is 0 Å². The summed E-state index contributed by atoms with van der Waals surface area (Å²) in [5, 5.41) is 1.37. The second-order valence-corrected chi connectivity index (χ2v) is 22.6. The SMILES string of the molecule is CC(C)(C)c1ccc(N(c2ccc3c(c2)N(c2ccccc2)c2cc([Si](C)(C)C)cc4c2B3c2nc3ccccn3c2N4c2ccccc2)c2ccccc2F)cc1. The molecule has 0 amide bonds. The maximum Gasteiger partial charge on any atom is 0.277 e. The summed E-state index contributed by atoms with van der Waals surface area (Å²) in [5.41, 5.74) is 13.3. The molecular weight excluding hydrogens is 728 g/mol. The molecule has 4 heterocycles. The third kappa shape index (κ3) is 5.77. The minimum atomic E-state index is -1.89. The van der Waals surface area contributed by atoms with E-state index in [2.05, 4.69) is 199 Å². The average Bonchev–Trinajstić information content (AvgIpc) is 3.61. The summed E-state index contributed by atoms with van der Waals surface area (Å²) in [6.45, 7) is 13.8. The third-order valence-electron chi connectivity index (χ3n) is 11.7. The first kappa shape index (κ1) is 36.0. The van der Waals surface area contributed by atoms with E-state index < -0.39 is 8.07 Å². The molecule has 0 aliphatic carbocycles. The van der Waals surface area contributed by atoms with Gasteiger partial charge in [0.05, 0.1) is 19.4 Å². The Kier molecular flexibility index (Phi) is 8.29. The van der Waals surface area contributed by atoms with Crippen molar-refractivity contribution < 1.29 is 4.39 Å². The molecule has 8 heteroatoms. The van der Waals surface area contributed by atoms with Crippen LogP contribution in [-0.4, -0.2) is 24.2 Å². The van der Waals surface area contributed by atoms with E-state index in [9.17, 15) is 0 Å². The van der Waals surface area contributed by atoms with Crippen LogP contribution in [0.3, 0.4) is 0 Å². The zero-order valence-electron chi connectivity index (χ0n) is 33.8. The molecule has 0 atom stereocenters. The summed E-state index contributed by atoms with van der Waals surface area (Å²) in [5.74, 6) is 0.769. The van der Waals surface area contributed by atoms with Crippen molar-refractivity contribution in [2.24, 2.45) is 0 Å². The number of hydrogen-bond acceptors (Lipinski definition) is 4. The van der Waals surface area contributed by atoms with Gasteiger partial charge >= 0.3 is 0 Å². The van der Waals surface area contributed by atoms with E-state index >= 15 is 4.39 Å². The van der Waals surface area contributed by atoms with Gasteiger partial charge in [-0.05, 0) is 107 Å². The number of anilines is 9. The second-order valence-electron chi connectivity index (χ2n) is 17.5. The Morgan fingerprint density at radius 2 is 1.22 bits per heavy atom. The van der Waals surface area contributed by atoms with E-state index in [1.165, 1.54) is 21.9 Å². The normalized spacial score (nSPS) is 13.3.